The average Bonchev–Trinajstić information content (AvgIpc) is 3.11. The van der Waals surface area contributed by atoms with Crippen LogP contribution in [0.3, 0.4) is 0 Å². The maximum absolute atomic E-state index is 10.9. The quantitative estimate of drug-likeness (QED) is 0.898. The molecule has 1 unspecified atom stereocenters. The molecule has 0 spiro atoms. The molecule has 2 aromatic rings. The molecule has 0 saturated heterocycles. The monoisotopic (exact) mass is 245 g/mol. The van der Waals surface area contributed by atoms with Gasteiger partial charge in [-0.3, -0.25) is 4.79 Å². The van der Waals surface area contributed by atoms with E-state index in [4.69, 9.17) is 9.63 Å². The Balaban J connectivity index is 1.98. The Morgan fingerprint density at radius 2 is 2.33 bits per heavy atom. The van der Waals surface area contributed by atoms with E-state index in [1.807, 2.05) is 25.1 Å². The number of benzene rings is 1. The first kappa shape index (κ1) is 11.3. The summed E-state index contributed by atoms with van der Waals surface area (Å²) in [4.78, 5) is 10.9. The van der Waals surface area contributed by atoms with Crippen LogP contribution in [0.1, 0.15) is 36.4 Å². The topological polar surface area (TPSA) is 63.3 Å². The molecule has 1 N–H and O–H groups in total. The van der Waals surface area contributed by atoms with Gasteiger partial charge in [-0.25, -0.2) is 0 Å². The summed E-state index contributed by atoms with van der Waals surface area (Å²) in [5.74, 6) is -0.111. The Kier molecular flexibility index (Phi) is 2.58. The van der Waals surface area contributed by atoms with Crippen LogP contribution in [0.4, 0.5) is 0 Å². The minimum absolute atomic E-state index is 0.109. The molecular formula is C14H15NO3. The lowest BCUT2D eigenvalue weighted by molar-refractivity contribution is -0.137. The molecule has 0 aliphatic heterocycles. The zero-order valence-electron chi connectivity index (χ0n) is 10.2. The van der Waals surface area contributed by atoms with Crippen LogP contribution in [0, 0.1) is 12.8 Å². The third-order valence-electron chi connectivity index (χ3n) is 3.69. The van der Waals surface area contributed by atoms with Gasteiger partial charge in [0, 0.05) is 5.39 Å². The molecular weight excluding hydrogens is 230 g/mol. The number of carboxylic acids is 1. The summed E-state index contributed by atoms with van der Waals surface area (Å²) in [5.41, 5.74) is 2.68. The highest BCUT2D eigenvalue weighted by Gasteiger charge is 2.33. The van der Waals surface area contributed by atoms with Gasteiger partial charge in [-0.05, 0) is 49.3 Å². The van der Waals surface area contributed by atoms with Crippen molar-refractivity contribution in [3.05, 3.63) is 29.5 Å². The molecule has 0 radical (unpaired) electrons. The fourth-order valence-electron chi connectivity index (χ4n) is 2.55. The van der Waals surface area contributed by atoms with Gasteiger partial charge in [-0.15, -0.1) is 0 Å². The largest absolute Gasteiger partial charge is 0.481 e. The van der Waals surface area contributed by atoms with Crippen LogP contribution >= 0.6 is 0 Å². The predicted molar refractivity (Wildman–Crippen MR) is 66.5 cm³/mol. The third-order valence-corrected chi connectivity index (χ3v) is 3.69. The summed E-state index contributed by atoms with van der Waals surface area (Å²) in [6.45, 7) is 1.90. The normalized spacial score (nSPS) is 16.9. The molecule has 1 aliphatic carbocycles. The molecule has 1 heterocycles. The second-order valence-corrected chi connectivity index (χ2v) is 5.07. The highest BCUT2D eigenvalue weighted by Crippen LogP contribution is 2.45. The number of fused-ring (bicyclic) bond motifs is 1. The van der Waals surface area contributed by atoms with E-state index in [0.29, 0.717) is 5.92 Å². The van der Waals surface area contributed by atoms with Crippen molar-refractivity contribution < 1.29 is 14.4 Å². The van der Waals surface area contributed by atoms with E-state index < -0.39 is 5.97 Å². The number of carboxylic acid groups (broad SMARTS) is 1. The summed E-state index contributed by atoms with van der Waals surface area (Å²) >= 11 is 0. The lowest BCUT2D eigenvalue weighted by Gasteiger charge is -2.13. The second-order valence-electron chi connectivity index (χ2n) is 5.07. The highest BCUT2D eigenvalue weighted by molar-refractivity contribution is 5.80. The molecule has 4 nitrogen and oxygen atoms in total. The van der Waals surface area contributed by atoms with Gasteiger partial charge in [0.05, 0.1) is 12.1 Å². The Bertz CT molecular complexity index is 598. The van der Waals surface area contributed by atoms with Crippen molar-refractivity contribution in [3.63, 3.8) is 0 Å². The smallest absolute Gasteiger partial charge is 0.303 e. The summed E-state index contributed by atoms with van der Waals surface area (Å²) in [6.07, 6.45) is 2.46. The molecule has 1 aliphatic rings. The Morgan fingerprint density at radius 1 is 1.56 bits per heavy atom. The zero-order valence-corrected chi connectivity index (χ0v) is 10.2. The Morgan fingerprint density at radius 3 is 3.00 bits per heavy atom. The van der Waals surface area contributed by atoms with E-state index in [2.05, 4.69) is 5.16 Å². The van der Waals surface area contributed by atoms with Crippen molar-refractivity contribution in [1.82, 2.24) is 5.16 Å². The molecule has 18 heavy (non-hydrogen) atoms. The van der Waals surface area contributed by atoms with Crippen LogP contribution in [0.25, 0.3) is 11.0 Å². The van der Waals surface area contributed by atoms with Crippen molar-refractivity contribution in [1.29, 1.82) is 0 Å². The Hall–Kier alpha value is -1.84. The number of aliphatic carboxylic acids is 1. The molecule has 1 fully saturated rings. The summed E-state index contributed by atoms with van der Waals surface area (Å²) < 4.78 is 5.25. The van der Waals surface area contributed by atoms with Gasteiger partial charge in [-0.1, -0.05) is 11.2 Å². The Labute approximate surface area is 105 Å². The van der Waals surface area contributed by atoms with Gasteiger partial charge >= 0.3 is 5.97 Å². The number of hydrogen-bond donors (Lipinski definition) is 1. The molecule has 0 amide bonds. The number of nitrogens with zero attached hydrogens (tertiary/aromatic N) is 1. The first-order valence-electron chi connectivity index (χ1n) is 6.23. The SMILES string of the molecule is Cc1noc2cc(C(CC(=O)O)C3CC3)ccc12. The number of carbonyl (C=O) groups is 1. The van der Waals surface area contributed by atoms with Crippen molar-refractivity contribution in [2.24, 2.45) is 5.92 Å². The summed E-state index contributed by atoms with van der Waals surface area (Å²) in [5, 5.41) is 13.9. The van der Waals surface area contributed by atoms with Gasteiger partial charge in [0.2, 0.25) is 0 Å². The number of aryl methyl sites for hydroxylation is 1. The maximum Gasteiger partial charge on any atom is 0.303 e. The molecule has 0 bridgehead atoms. The zero-order chi connectivity index (χ0) is 12.7. The summed E-state index contributed by atoms with van der Waals surface area (Å²) in [7, 11) is 0. The first-order chi connectivity index (χ1) is 8.65. The van der Waals surface area contributed by atoms with Crippen LogP contribution in [0.15, 0.2) is 22.7 Å². The minimum atomic E-state index is -0.735. The number of aromatic nitrogens is 1. The van der Waals surface area contributed by atoms with Gasteiger partial charge in [-0.2, -0.15) is 0 Å². The molecule has 1 aromatic carbocycles. The molecule has 4 heteroatoms. The van der Waals surface area contributed by atoms with Crippen molar-refractivity contribution >= 4 is 16.9 Å². The molecule has 3 rings (SSSR count). The van der Waals surface area contributed by atoms with Crippen LogP contribution in [0.5, 0.6) is 0 Å². The molecule has 1 aromatic heterocycles. The number of rotatable bonds is 4. The van der Waals surface area contributed by atoms with Crippen LogP contribution < -0.4 is 0 Å². The fourth-order valence-corrected chi connectivity index (χ4v) is 2.55. The van der Waals surface area contributed by atoms with E-state index in [9.17, 15) is 4.79 Å². The van der Waals surface area contributed by atoms with Gasteiger partial charge in [0.25, 0.3) is 0 Å². The van der Waals surface area contributed by atoms with Crippen LogP contribution in [-0.2, 0) is 4.79 Å². The van der Waals surface area contributed by atoms with E-state index in [1.165, 1.54) is 0 Å². The first-order valence-corrected chi connectivity index (χ1v) is 6.23. The maximum atomic E-state index is 10.9. The van der Waals surface area contributed by atoms with E-state index >= 15 is 0 Å². The summed E-state index contributed by atoms with van der Waals surface area (Å²) in [6, 6.07) is 5.94. The van der Waals surface area contributed by atoms with Crippen molar-refractivity contribution in [2.75, 3.05) is 0 Å². The van der Waals surface area contributed by atoms with Crippen LogP contribution in [-0.4, -0.2) is 16.2 Å². The molecule has 1 atom stereocenters. The van der Waals surface area contributed by atoms with E-state index in [-0.39, 0.29) is 12.3 Å². The van der Waals surface area contributed by atoms with E-state index in [0.717, 1.165) is 35.1 Å². The third kappa shape index (κ3) is 1.98. The minimum Gasteiger partial charge on any atom is -0.481 e. The lowest BCUT2D eigenvalue weighted by Crippen LogP contribution is -2.08. The lowest BCUT2D eigenvalue weighted by atomic mass is 9.90. The van der Waals surface area contributed by atoms with Gasteiger partial charge in [0.1, 0.15) is 0 Å². The van der Waals surface area contributed by atoms with Gasteiger partial charge < -0.3 is 9.63 Å². The highest BCUT2D eigenvalue weighted by atomic mass is 16.5. The van der Waals surface area contributed by atoms with Crippen molar-refractivity contribution in [2.45, 2.75) is 32.1 Å². The van der Waals surface area contributed by atoms with Crippen molar-refractivity contribution in [3.8, 4) is 0 Å². The second kappa shape index (κ2) is 4.12. The molecule has 1 saturated carbocycles. The van der Waals surface area contributed by atoms with Crippen LogP contribution in [0.2, 0.25) is 0 Å². The predicted octanol–water partition coefficient (Wildman–Crippen LogP) is 3.10. The van der Waals surface area contributed by atoms with Gasteiger partial charge in [0.15, 0.2) is 5.58 Å². The van der Waals surface area contributed by atoms with E-state index in [1.54, 1.807) is 0 Å². The average molecular weight is 245 g/mol. The molecule has 94 valence electrons. The number of hydrogen-bond acceptors (Lipinski definition) is 3. The fraction of sp³-hybridized carbons (Fsp3) is 0.429. The standard InChI is InChI=1S/C14H15NO3/c1-8-11-5-4-10(6-13(11)18-15-8)12(7-14(16)17)9-2-3-9/h4-6,9,12H,2-3,7H2,1H3,(H,16,17).